The Labute approximate surface area is 156 Å². The molecule has 5 heteroatoms. The van der Waals surface area contributed by atoms with Gasteiger partial charge in [0.05, 0.1) is 18.3 Å². The van der Waals surface area contributed by atoms with Gasteiger partial charge in [0.1, 0.15) is 5.76 Å². The Morgan fingerprint density at radius 1 is 1.38 bits per heavy atom. The van der Waals surface area contributed by atoms with Gasteiger partial charge in [-0.25, -0.2) is 4.79 Å². The SMILES string of the molecule is C=C(C=C(C)C(O)CC)CC(C)C=C(C)CC1(CO)OC(=O)C(C)=C1O. The van der Waals surface area contributed by atoms with E-state index < -0.39 is 24.3 Å². The van der Waals surface area contributed by atoms with Gasteiger partial charge in [-0.1, -0.05) is 43.7 Å². The van der Waals surface area contributed by atoms with Crippen molar-refractivity contribution in [3.63, 3.8) is 0 Å². The van der Waals surface area contributed by atoms with Crippen molar-refractivity contribution >= 4 is 5.97 Å². The summed E-state index contributed by atoms with van der Waals surface area (Å²) in [5, 5.41) is 29.7. The standard InChI is InChI=1S/C21H32O5/c1-7-18(23)16(5)10-14(3)8-13(2)9-15(4)11-21(12-22)19(24)17(6)20(25)26-21/h9-10,13,18,22-24H,3,7-8,11-12H2,1-2,4-6H3. The van der Waals surface area contributed by atoms with Crippen LogP contribution in [0.2, 0.25) is 0 Å². The molecule has 0 radical (unpaired) electrons. The number of aliphatic hydroxyl groups excluding tert-OH is 3. The van der Waals surface area contributed by atoms with E-state index >= 15 is 0 Å². The number of hydrogen-bond acceptors (Lipinski definition) is 5. The first-order valence-corrected chi connectivity index (χ1v) is 9.02. The number of aliphatic hydroxyl groups is 3. The Bertz CT molecular complexity index is 641. The molecule has 0 aromatic carbocycles. The van der Waals surface area contributed by atoms with Gasteiger partial charge >= 0.3 is 5.97 Å². The first-order valence-electron chi connectivity index (χ1n) is 9.02. The van der Waals surface area contributed by atoms with E-state index in [0.717, 1.165) is 23.1 Å². The highest BCUT2D eigenvalue weighted by Crippen LogP contribution is 2.36. The van der Waals surface area contributed by atoms with Crippen LogP contribution in [0.5, 0.6) is 0 Å². The molecule has 3 N–H and O–H groups in total. The van der Waals surface area contributed by atoms with Gasteiger partial charge in [-0.15, -0.1) is 0 Å². The topological polar surface area (TPSA) is 87.0 Å². The summed E-state index contributed by atoms with van der Waals surface area (Å²) in [4.78, 5) is 11.7. The Balaban J connectivity index is 2.78. The fourth-order valence-corrected chi connectivity index (χ4v) is 3.29. The van der Waals surface area contributed by atoms with Gasteiger partial charge in [-0.2, -0.15) is 0 Å². The molecule has 0 saturated carbocycles. The molecule has 0 aromatic rings. The molecule has 26 heavy (non-hydrogen) atoms. The van der Waals surface area contributed by atoms with E-state index in [9.17, 15) is 20.1 Å². The van der Waals surface area contributed by atoms with E-state index in [-0.39, 0.29) is 23.7 Å². The lowest BCUT2D eigenvalue weighted by molar-refractivity contribution is -0.151. The van der Waals surface area contributed by atoms with Crippen molar-refractivity contribution in [2.24, 2.45) is 5.92 Å². The molecule has 5 nitrogen and oxygen atoms in total. The zero-order chi connectivity index (χ0) is 20.1. The van der Waals surface area contributed by atoms with Gasteiger partial charge < -0.3 is 20.1 Å². The van der Waals surface area contributed by atoms with Gasteiger partial charge in [0.15, 0.2) is 5.60 Å². The highest BCUT2D eigenvalue weighted by Gasteiger charge is 2.46. The number of carbonyl (C=O) groups excluding carboxylic acids is 1. The molecule has 0 bridgehead atoms. The summed E-state index contributed by atoms with van der Waals surface area (Å²) >= 11 is 0. The summed E-state index contributed by atoms with van der Waals surface area (Å²) in [5.74, 6) is -0.617. The molecule has 0 aromatic heterocycles. The lowest BCUT2D eigenvalue weighted by Crippen LogP contribution is -2.37. The van der Waals surface area contributed by atoms with Crippen molar-refractivity contribution in [2.75, 3.05) is 6.61 Å². The van der Waals surface area contributed by atoms with Crippen LogP contribution >= 0.6 is 0 Å². The van der Waals surface area contributed by atoms with E-state index in [2.05, 4.69) is 6.58 Å². The summed E-state index contributed by atoms with van der Waals surface area (Å²) in [6.07, 6.45) is 5.12. The highest BCUT2D eigenvalue weighted by atomic mass is 16.6. The smallest absolute Gasteiger partial charge is 0.338 e. The van der Waals surface area contributed by atoms with Crippen LogP contribution in [0.25, 0.3) is 0 Å². The number of hydrogen-bond donors (Lipinski definition) is 3. The van der Waals surface area contributed by atoms with Crippen molar-refractivity contribution in [1.82, 2.24) is 0 Å². The second-order valence-electron chi connectivity index (χ2n) is 7.36. The van der Waals surface area contributed by atoms with Crippen molar-refractivity contribution in [3.05, 3.63) is 46.8 Å². The third-order valence-electron chi connectivity index (χ3n) is 4.70. The van der Waals surface area contributed by atoms with Crippen molar-refractivity contribution in [3.8, 4) is 0 Å². The second kappa shape index (κ2) is 9.19. The van der Waals surface area contributed by atoms with Crippen molar-refractivity contribution in [2.45, 2.75) is 65.6 Å². The van der Waals surface area contributed by atoms with E-state index in [1.807, 2.05) is 39.8 Å². The Hall–Kier alpha value is -1.85. The van der Waals surface area contributed by atoms with Gasteiger partial charge in [-0.3, -0.25) is 0 Å². The maximum atomic E-state index is 11.7. The Morgan fingerprint density at radius 2 is 2.00 bits per heavy atom. The summed E-state index contributed by atoms with van der Waals surface area (Å²) < 4.78 is 5.24. The van der Waals surface area contributed by atoms with E-state index in [0.29, 0.717) is 6.42 Å². The molecular formula is C21H32O5. The third-order valence-corrected chi connectivity index (χ3v) is 4.70. The molecular weight excluding hydrogens is 332 g/mol. The summed E-state index contributed by atoms with van der Waals surface area (Å²) in [7, 11) is 0. The maximum Gasteiger partial charge on any atom is 0.338 e. The number of esters is 1. The largest absolute Gasteiger partial charge is 0.507 e. The number of cyclic esters (lactones) is 1. The Morgan fingerprint density at radius 3 is 2.46 bits per heavy atom. The summed E-state index contributed by atoms with van der Waals surface area (Å²) in [6, 6.07) is 0. The van der Waals surface area contributed by atoms with Crippen molar-refractivity contribution in [1.29, 1.82) is 0 Å². The van der Waals surface area contributed by atoms with Gasteiger partial charge in [0.2, 0.25) is 0 Å². The van der Waals surface area contributed by atoms with Crippen LogP contribution in [-0.2, 0) is 9.53 Å². The summed E-state index contributed by atoms with van der Waals surface area (Å²) in [5.41, 5.74) is 1.49. The molecule has 3 atom stereocenters. The second-order valence-corrected chi connectivity index (χ2v) is 7.36. The van der Waals surface area contributed by atoms with Crippen LogP contribution in [0.3, 0.4) is 0 Å². The lowest BCUT2D eigenvalue weighted by atomic mass is 9.90. The first-order chi connectivity index (χ1) is 12.1. The quantitative estimate of drug-likeness (QED) is 0.330. The van der Waals surface area contributed by atoms with Crippen LogP contribution < -0.4 is 0 Å². The van der Waals surface area contributed by atoms with E-state index in [1.165, 1.54) is 6.92 Å². The monoisotopic (exact) mass is 364 g/mol. The number of allylic oxidation sites excluding steroid dienone is 3. The molecule has 1 rings (SSSR count). The van der Waals surface area contributed by atoms with Gasteiger partial charge in [-0.05, 0) is 45.1 Å². The molecule has 1 aliphatic heterocycles. The minimum Gasteiger partial charge on any atom is -0.507 e. The molecule has 1 heterocycles. The third kappa shape index (κ3) is 5.32. The number of rotatable bonds is 9. The highest BCUT2D eigenvalue weighted by molar-refractivity contribution is 5.91. The molecule has 1 aliphatic rings. The molecule has 0 saturated heterocycles. The summed E-state index contributed by atoms with van der Waals surface area (Å²) in [6.45, 7) is 12.8. The average molecular weight is 364 g/mol. The molecule has 0 spiro atoms. The molecule has 3 unspecified atom stereocenters. The van der Waals surface area contributed by atoms with Crippen LogP contribution in [-0.4, -0.2) is 39.6 Å². The fourth-order valence-electron chi connectivity index (χ4n) is 3.29. The van der Waals surface area contributed by atoms with E-state index in [1.54, 1.807) is 0 Å². The van der Waals surface area contributed by atoms with Crippen LogP contribution in [0.1, 0.15) is 53.9 Å². The molecule has 0 aliphatic carbocycles. The zero-order valence-corrected chi connectivity index (χ0v) is 16.5. The van der Waals surface area contributed by atoms with Gasteiger partial charge in [0, 0.05) is 6.42 Å². The Kier molecular flexibility index (Phi) is 7.85. The van der Waals surface area contributed by atoms with Gasteiger partial charge in [0.25, 0.3) is 0 Å². The number of ether oxygens (including phenoxy) is 1. The predicted octanol–water partition coefficient (Wildman–Crippen LogP) is 3.74. The van der Waals surface area contributed by atoms with Crippen LogP contribution in [0.15, 0.2) is 46.8 Å². The minimum absolute atomic E-state index is 0.142. The molecule has 146 valence electrons. The van der Waals surface area contributed by atoms with Crippen LogP contribution in [0, 0.1) is 5.92 Å². The normalized spacial score (nSPS) is 23.9. The predicted molar refractivity (Wildman–Crippen MR) is 103 cm³/mol. The minimum atomic E-state index is -1.37. The first kappa shape index (κ1) is 22.2. The fraction of sp³-hybridized carbons (Fsp3) is 0.571. The number of carbonyl (C=O) groups is 1. The molecule has 0 fully saturated rings. The molecule has 0 amide bonds. The van der Waals surface area contributed by atoms with E-state index in [4.69, 9.17) is 4.74 Å². The zero-order valence-electron chi connectivity index (χ0n) is 16.5. The maximum absolute atomic E-state index is 11.7. The average Bonchev–Trinajstić information content (AvgIpc) is 2.77. The lowest BCUT2D eigenvalue weighted by Gasteiger charge is -2.26. The van der Waals surface area contributed by atoms with Crippen LogP contribution in [0.4, 0.5) is 0 Å². The van der Waals surface area contributed by atoms with Crippen molar-refractivity contribution < 1.29 is 24.9 Å².